The zero-order valence-corrected chi connectivity index (χ0v) is 13.6. The smallest absolute Gasteiger partial charge is 0.132 e. The topological polar surface area (TPSA) is 56.0 Å². The van der Waals surface area contributed by atoms with Crippen LogP contribution in [0.25, 0.3) is 0 Å². The molecule has 5 heteroatoms. The highest BCUT2D eigenvalue weighted by Gasteiger charge is 2.24. The predicted molar refractivity (Wildman–Crippen MR) is 91.6 cm³/mol. The Morgan fingerprint density at radius 2 is 2.04 bits per heavy atom. The third-order valence-electron chi connectivity index (χ3n) is 4.46. The van der Waals surface area contributed by atoms with E-state index < -0.39 is 0 Å². The second kappa shape index (κ2) is 6.66. The molecule has 0 aliphatic carbocycles. The quantitative estimate of drug-likeness (QED) is 0.872. The van der Waals surface area contributed by atoms with Gasteiger partial charge in [-0.2, -0.15) is 5.26 Å². The summed E-state index contributed by atoms with van der Waals surface area (Å²) in [5, 5.41) is 8.92. The molecule has 1 aliphatic heterocycles. The van der Waals surface area contributed by atoms with Crippen LogP contribution in [0.3, 0.4) is 0 Å². The number of aromatic nitrogens is 2. The maximum atomic E-state index is 8.92. The molecule has 1 atom stereocenters. The van der Waals surface area contributed by atoms with Gasteiger partial charge in [0.2, 0.25) is 0 Å². The van der Waals surface area contributed by atoms with Gasteiger partial charge in [0.1, 0.15) is 12.1 Å². The Balaban J connectivity index is 1.73. The average molecular weight is 307 g/mol. The van der Waals surface area contributed by atoms with E-state index in [0.29, 0.717) is 11.6 Å². The van der Waals surface area contributed by atoms with E-state index in [2.05, 4.69) is 32.9 Å². The van der Waals surface area contributed by atoms with Crippen LogP contribution in [0.2, 0.25) is 0 Å². The molecule has 1 fully saturated rings. The van der Waals surface area contributed by atoms with E-state index in [4.69, 9.17) is 5.26 Å². The molecule has 0 spiro atoms. The lowest BCUT2D eigenvalue weighted by atomic mass is 10.0. The maximum Gasteiger partial charge on any atom is 0.132 e. The molecule has 0 bridgehead atoms. The lowest BCUT2D eigenvalue weighted by molar-refractivity contribution is 0.485. The Morgan fingerprint density at radius 1 is 1.26 bits per heavy atom. The minimum Gasteiger partial charge on any atom is -0.369 e. The first-order chi connectivity index (χ1) is 11.2. The number of nitriles is 1. The van der Waals surface area contributed by atoms with Crippen LogP contribution < -0.4 is 9.80 Å². The number of anilines is 2. The fourth-order valence-electron chi connectivity index (χ4n) is 3.07. The van der Waals surface area contributed by atoms with Gasteiger partial charge in [0.05, 0.1) is 11.6 Å². The van der Waals surface area contributed by atoms with E-state index >= 15 is 0 Å². The van der Waals surface area contributed by atoms with Gasteiger partial charge >= 0.3 is 0 Å². The second-order valence-electron chi connectivity index (χ2n) is 6.03. The minimum absolute atomic E-state index is 0.425. The van der Waals surface area contributed by atoms with Gasteiger partial charge < -0.3 is 9.80 Å². The lowest BCUT2D eigenvalue weighted by Gasteiger charge is -2.39. The van der Waals surface area contributed by atoms with Crippen LogP contribution in [0, 0.1) is 18.3 Å². The summed E-state index contributed by atoms with van der Waals surface area (Å²) in [6, 6.07) is 12.5. The summed E-state index contributed by atoms with van der Waals surface area (Å²) in [4.78, 5) is 13.2. The number of likely N-dealkylation sites (N-methyl/N-ethyl adjacent to an activating group) is 1. The van der Waals surface area contributed by atoms with Crippen molar-refractivity contribution >= 4 is 11.5 Å². The zero-order valence-electron chi connectivity index (χ0n) is 13.6. The van der Waals surface area contributed by atoms with Crippen molar-refractivity contribution in [1.29, 1.82) is 5.26 Å². The molecule has 1 aromatic heterocycles. The van der Waals surface area contributed by atoms with Crippen molar-refractivity contribution in [3.8, 4) is 6.07 Å². The molecule has 0 radical (unpaired) electrons. The summed E-state index contributed by atoms with van der Waals surface area (Å²) in [7, 11) is 2.11. The molecule has 5 nitrogen and oxygen atoms in total. The molecule has 3 rings (SSSR count). The monoisotopic (exact) mass is 307 g/mol. The van der Waals surface area contributed by atoms with Crippen LogP contribution in [0.15, 0.2) is 36.7 Å². The average Bonchev–Trinajstić information content (AvgIpc) is 2.61. The molecule has 1 aliphatic rings. The highest BCUT2D eigenvalue weighted by atomic mass is 15.3. The normalized spacial score (nSPS) is 17.6. The van der Waals surface area contributed by atoms with Gasteiger partial charge in [-0.1, -0.05) is 0 Å². The first kappa shape index (κ1) is 15.3. The van der Waals surface area contributed by atoms with Crippen LogP contribution in [-0.2, 0) is 0 Å². The van der Waals surface area contributed by atoms with Gasteiger partial charge in [-0.25, -0.2) is 9.97 Å². The number of hydrogen-bond acceptors (Lipinski definition) is 5. The lowest BCUT2D eigenvalue weighted by Crippen LogP contribution is -2.47. The van der Waals surface area contributed by atoms with E-state index in [1.54, 1.807) is 6.33 Å². The second-order valence-corrected chi connectivity index (χ2v) is 6.03. The standard InChI is InChI=1S/C18H21N5/c1-14-10-18(21-13-20-14)22(2)17-4-3-9-23(12-17)16-7-5-15(11-19)6-8-16/h5-8,10,13,17H,3-4,9,12H2,1-2H3. The van der Waals surface area contributed by atoms with Gasteiger partial charge in [-0.3, -0.25) is 0 Å². The van der Waals surface area contributed by atoms with Crippen LogP contribution in [0.4, 0.5) is 11.5 Å². The SMILES string of the molecule is Cc1cc(N(C)C2CCCN(c3ccc(C#N)cc3)C2)ncn1. The zero-order chi connectivity index (χ0) is 16.2. The Morgan fingerprint density at radius 3 is 2.74 bits per heavy atom. The van der Waals surface area contributed by atoms with Crippen molar-refractivity contribution in [2.24, 2.45) is 0 Å². The van der Waals surface area contributed by atoms with Crippen molar-refractivity contribution in [3.05, 3.63) is 47.9 Å². The van der Waals surface area contributed by atoms with E-state index in [0.717, 1.165) is 37.4 Å². The third-order valence-corrected chi connectivity index (χ3v) is 4.46. The highest BCUT2D eigenvalue weighted by molar-refractivity contribution is 5.51. The first-order valence-corrected chi connectivity index (χ1v) is 7.94. The maximum absolute atomic E-state index is 8.92. The molecule has 0 N–H and O–H groups in total. The van der Waals surface area contributed by atoms with Crippen molar-refractivity contribution in [3.63, 3.8) is 0 Å². The van der Waals surface area contributed by atoms with Crippen LogP contribution in [-0.4, -0.2) is 36.1 Å². The number of nitrogens with zero attached hydrogens (tertiary/aromatic N) is 5. The molecule has 0 amide bonds. The number of piperidine rings is 1. The van der Waals surface area contributed by atoms with Gasteiger partial charge in [0.15, 0.2) is 0 Å². The van der Waals surface area contributed by atoms with Gasteiger partial charge in [-0.15, -0.1) is 0 Å². The third kappa shape index (κ3) is 3.42. The number of hydrogen-bond donors (Lipinski definition) is 0. The summed E-state index contributed by atoms with van der Waals surface area (Å²) in [6.07, 6.45) is 3.94. The van der Waals surface area contributed by atoms with E-state index in [-0.39, 0.29) is 0 Å². The summed E-state index contributed by atoms with van der Waals surface area (Å²) in [5.74, 6) is 0.976. The van der Waals surface area contributed by atoms with Gasteiger partial charge in [0, 0.05) is 43.6 Å². The molecule has 1 aromatic carbocycles. The molecule has 1 saturated heterocycles. The van der Waals surface area contributed by atoms with E-state index in [1.165, 1.54) is 5.69 Å². The predicted octanol–water partition coefficient (Wildman–Crippen LogP) is 2.76. The summed E-state index contributed by atoms with van der Waals surface area (Å²) < 4.78 is 0. The van der Waals surface area contributed by atoms with Crippen LogP contribution in [0.1, 0.15) is 24.1 Å². The molecule has 2 heterocycles. The molecule has 118 valence electrons. The number of aryl methyl sites for hydroxylation is 1. The largest absolute Gasteiger partial charge is 0.369 e. The van der Waals surface area contributed by atoms with E-state index in [9.17, 15) is 0 Å². The van der Waals surface area contributed by atoms with Crippen LogP contribution >= 0.6 is 0 Å². The van der Waals surface area contributed by atoms with Crippen molar-refractivity contribution < 1.29 is 0 Å². The minimum atomic E-state index is 0.425. The first-order valence-electron chi connectivity index (χ1n) is 7.94. The Hall–Kier alpha value is -2.61. The molecular weight excluding hydrogens is 286 g/mol. The van der Waals surface area contributed by atoms with Gasteiger partial charge in [-0.05, 0) is 44.0 Å². The molecular formula is C18H21N5. The van der Waals surface area contributed by atoms with Crippen molar-refractivity contribution in [2.75, 3.05) is 29.9 Å². The van der Waals surface area contributed by atoms with Crippen molar-refractivity contribution in [2.45, 2.75) is 25.8 Å². The molecule has 23 heavy (non-hydrogen) atoms. The Bertz CT molecular complexity index is 704. The molecule has 0 saturated carbocycles. The number of benzene rings is 1. The highest BCUT2D eigenvalue weighted by Crippen LogP contribution is 2.24. The Labute approximate surface area is 137 Å². The van der Waals surface area contributed by atoms with Gasteiger partial charge in [0.25, 0.3) is 0 Å². The summed E-state index contributed by atoms with van der Waals surface area (Å²) >= 11 is 0. The number of rotatable bonds is 3. The molecule has 1 unspecified atom stereocenters. The van der Waals surface area contributed by atoms with Crippen LogP contribution in [0.5, 0.6) is 0 Å². The summed E-state index contributed by atoms with van der Waals surface area (Å²) in [5.41, 5.74) is 2.87. The summed E-state index contributed by atoms with van der Waals surface area (Å²) in [6.45, 7) is 4.01. The molecule has 2 aromatic rings. The Kier molecular flexibility index (Phi) is 4.42. The van der Waals surface area contributed by atoms with Crippen molar-refractivity contribution in [1.82, 2.24) is 9.97 Å². The van der Waals surface area contributed by atoms with E-state index in [1.807, 2.05) is 37.3 Å². The fraction of sp³-hybridized carbons (Fsp3) is 0.389. The fourth-order valence-corrected chi connectivity index (χ4v) is 3.07.